The summed E-state index contributed by atoms with van der Waals surface area (Å²) in [5, 5.41) is 14.3. The molecule has 0 saturated carbocycles. The summed E-state index contributed by atoms with van der Waals surface area (Å²) >= 11 is 0. The maximum atomic E-state index is 12.9. The molecule has 172 valence electrons. The lowest BCUT2D eigenvalue weighted by Crippen LogP contribution is -2.14. The zero-order chi connectivity index (χ0) is 23.5. The van der Waals surface area contributed by atoms with Crippen molar-refractivity contribution in [3.05, 3.63) is 72.1 Å². The summed E-state index contributed by atoms with van der Waals surface area (Å²) in [6.07, 6.45) is 3.78. The Bertz CT molecular complexity index is 1330. The van der Waals surface area contributed by atoms with E-state index in [1.54, 1.807) is 36.7 Å². The molecule has 0 bridgehead atoms. The van der Waals surface area contributed by atoms with E-state index in [-0.39, 0.29) is 11.9 Å². The Hall–Kier alpha value is -4.27. The third kappa shape index (κ3) is 4.59. The first-order valence-electron chi connectivity index (χ1n) is 11.3. The van der Waals surface area contributed by atoms with Crippen molar-refractivity contribution in [2.24, 2.45) is 0 Å². The lowest BCUT2D eigenvalue weighted by Gasteiger charge is -2.17. The predicted octanol–water partition coefficient (Wildman–Crippen LogP) is 4.72. The zero-order valence-corrected chi connectivity index (χ0v) is 19.0. The molecule has 0 aliphatic carbocycles. The molecule has 0 unspecified atom stereocenters. The Kier molecular flexibility index (Phi) is 5.90. The van der Waals surface area contributed by atoms with Crippen molar-refractivity contribution >= 4 is 17.5 Å². The van der Waals surface area contributed by atoms with Crippen molar-refractivity contribution in [1.82, 2.24) is 24.7 Å². The number of ether oxygens (including phenoxy) is 1. The number of pyridine rings is 2. The molecule has 9 heteroatoms. The summed E-state index contributed by atoms with van der Waals surface area (Å²) in [4.78, 5) is 22.0. The fourth-order valence-corrected chi connectivity index (χ4v) is 3.81. The first-order valence-corrected chi connectivity index (χ1v) is 11.3. The highest BCUT2D eigenvalue weighted by Crippen LogP contribution is 2.27. The third-order valence-corrected chi connectivity index (χ3v) is 5.54. The predicted molar refractivity (Wildman–Crippen MR) is 129 cm³/mol. The highest BCUT2D eigenvalue weighted by molar-refractivity contribution is 6.04. The number of carbonyl (C=O) groups is 1. The minimum Gasteiger partial charge on any atom is -0.439 e. The molecule has 1 aromatic carbocycles. The Labute approximate surface area is 197 Å². The molecule has 0 atom stereocenters. The average Bonchev–Trinajstić information content (AvgIpc) is 3.35. The normalized spacial score (nSPS) is 12.7. The van der Waals surface area contributed by atoms with E-state index in [0.29, 0.717) is 34.5 Å². The number of rotatable bonds is 6. The van der Waals surface area contributed by atoms with E-state index in [2.05, 4.69) is 30.8 Å². The van der Waals surface area contributed by atoms with Gasteiger partial charge in [-0.25, -0.2) is 4.98 Å². The summed E-state index contributed by atoms with van der Waals surface area (Å²) in [7, 11) is 0. The molecule has 0 spiro atoms. The minimum absolute atomic E-state index is 0.188. The minimum atomic E-state index is -0.291. The number of amides is 1. The maximum Gasteiger partial charge on any atom is 0.256 e. The van der Waals surface area contributed by atoms with Crippen LogP contribution in [0.1, 0.15) is 42.2 Å². The molecule has 0 fully saturated rings. The fourth-order valence-electron chi connectivity index (χ4n) is 3.81. The Morgan fingerprint density at radius 3 is 2.88 bits per heavy atom. The number of aromatic nitrogens is 5. The number of benzene rings is 1. The monoisotopic (exact) mass is 455 g/mol. The molecule has 4 heterocycles. The fraction of sp³-hybridized carbons (Fsp3) is 0.240. The molecule has 1 amide bonds. The molecule has 5 rings (SSSR count). The van der Waals surface area contributed by atoms with Crippen LogP contribution in [0.4, 0.5) is 11.6 Å². The van der Waals surface area contributed by atoms with E-state index >= 15 is 0 Å². The number of aryl methyl sites for hydroxylation is 1. The molecule has 34 heavy (non-hydrogen) atoms. The SMILES string of the molecule is CC(C)n1cnnc1-c1cccc(NC(=O)c2cccc(Oc3ccc4c(n3)NCCC4)c2)n1. The van der Waals surface area contributed by atoms with E-state index in [0.717, 1.165) is 25.2 Å². The lowest BCUT2D eigenvalue weighted by molar-refractivity contribution is 0.102. The van der Waals surface area contributed by atoms with Gasteiger partial charge in [0.05, 0.1) is 0 Å². The van der Waals surface area contributed by atoms with Crippen LogP contribution in [0.3, 0.4) is 0 Å². The van der Waals surface area contributed by atoms with Crippen molar-refractivity contribution in [2.45, 2.75) is 32.7 Å². The summed E-state index contributed by atoms with van der Waals surface area (Å²) in [6.45, 7) is 5.00. The quantitative estimate of drug-likeness (QED) is 0.433. The zero-order valence-electron chi connectivity index (χ0n) is 19.0. The van der Waals surface area contributed by atoms with Gasteiger partial charge in [0.25, 0.3) is 5.91 Å². The van der Waals surface area contributed by atoms with Crippen LogP contribution < -0.4 is 15.4 Å². The summed E-state index contributed by atoms with van der Waals surface area (Å²) in [6, 6.07) is 16.4. The standard InChI is InChI=1S/C25H25N7O2/c1-16(2)32-15-27-31-24(32)20-9-4-10-21(28-20)29-25(33)18-6-3-8-19(14-18)34-22-12-11-17-7-5-13-26-23(17)30-22/h3-4,6,8-12,14-16H,5,7,13H2,1-2H3,(H,26,30)(H,28,29,33). The molecular weight excluding hydrogens is 430 g/mol. The lowest BCUT2D eigenvalue weighted by atomic mass is 10.1. The Morgan fingerprint density at radius 2 is 2.00 bits per heavy atom. The topological polar surface area (TPSA) is 107 Å². The second kappa shape index (κ2) is 9.30. The van der Waals surface area contributed by atoms with Crippen molar-refractivity contribution in [2.75, 3.05) is 17.2 Å². The molecular formula is C25H25N7O2. The van der Waals surface area contributed by atoms with E-state index in [9.17, 15) is 4.79 Å². The van der Waals surface area contributed by atoms with Crippen LogP contribution in [0.2, 0.25) is 0 Å². The summed E-state index contributed by atoms with van der Waals surface area (Å²) in [5.41, 5.74) is 2.27. The molecule has 2 N–H and O–H groups in total. The number of hydrogen-bond acceptors (Lipinski definition) is 7. The first kappa shape index (κ1) is 21.6. The number of hydrogen-bond donors (Lipinski definition) is 2. The highest BCUT2D eigenvalue weighted by atomic mass is 16.5. The molecule has 4 aromatic rings. The smallest absolute Gasteiger partial charge is 0.256 e. The second-order valence-corrected chi connectivity index (χ2v) is 8.34. The van der Waals surface area contributed by atoms with Gasteiger partial charge in [-0.15, -0.1) is 10.2 Å². The van der Waals surface area contributed by atoms with Gasteiger partial charge in [-0.1, -0.05) is 12.1 Å². The first-order chi connectivity index (χ1) is 16.6. The van der Waals surface area contributed by atoms with Gasteiger partial charge in [0.15, 0.2) is 5.82 Å². The average molecular weight is 456 g/mol. The van der Waals surface area contributed by atoms with Crippen molar-refractivity contribution in [3.63, 3.8) is 0 Å². The van der Waals surface area contributed by atoms with Crippen molar-refractivity contribution in [1.29, 1.82) is 0 Å². The van der Waals surface area contributed by atoms with Crippen LogP contribution >= 0.6 is 0 Å². The molecule has 1 aliphatic heterocycles. The van der Waals surface area contributed by atoms with Gasteiger partial charge in [0, 0.05) is 24.2 Å². The van der Waals surface area contributed by atoms with Crippen LogP contribution in [0, 0.1) is 0 Å². The van der Waals surface area contributed by atoms with Crippen LogP contribution in [0.25, 0.3) is 11.5 Å². The van der Waals surface area contributed by atoms with Gasteiger partial charge in [-0.2, -0.15) is 4.98 Å². The highest BCUT2D eigenvalue weighted by Gasteiger charge is 2.15. The van der Waals surface area contributed by atoms with Crippen LogP contribution in [-0.2, 0) is 6.42 Å². The largest absolute Gasteiger partial charge is 0.439 e. The molecule has 1 aliphatic rings. The number of anilines is 2. The van der Waals surface area contributed by atoms with Gasteiger partial charge in [0.1, 0.15) is 29.4 Å². The van der Waals surface area contributed by atoms with Crippen LogP contribution in [0.15, 0.2) is 60.9 Å². The Balaban J connectivity index is 1.31. The summed E-state index contributed by atoms with van der Waals surface area (Å²) < 4.78 is 7.85. The Morgan fingerprint density at radius 1 is 1.12 bits per heavy atom. The molecule has 0 radical (unpaired) electrons. The molecule has 0 saturated heterocycles. The van der Waals surface area contributed by atoms with E-state index in [1.807, 2.05) is 42.7 Å². The number of fused-ring (bicyclic) bond motifs is 1. The van der Waals surface area contributed by atoms with Gasteiger partial charge in [0.2, 0.25) is 5.88 Å². The van der Waals surface area contributed by atoms with Gasteiger partial charge in [-0.05, 0) is 68.7 Å². The number of carbonyl (C=O) groups excluding carboxylic acids is 1. The maximum absolute atomic E-state index is 12.9. The number of nitrogens with one attached hydrogen (secondary N) is 2. The third-order valence-electron chi connectivity index (χ3n) is 5.54. The summed E-state index contributed by atoms with van der Waals surface area (Å²) in [5.74, 6) is 2.65. The number of nitrogens with zero attached hydrogens (tertiary/aromatic N) is 5. The van der Waals surface area contributed by atoms with E-state index in [4.69, 9.17) is 4.74 Å². The van der Waals surface area contributed by atoms with Crippen LogP contribution in [-0.4, -0.2) is 37.2 Å². The van der Waals surface area contributed by atoms with E-state index in [1.165, 1.54) is 5.56 Å². The van der Waals surface area contributed by atoms with Gasteiger partial charge >= 0.3 is 0 Å². The second-order valence-electron chi connectivity index (χ2n) is 8.34. The van der Waals surface area contributed by atoms with Crippen LogP contribution in [0.5, 0.6) is 11.6 Å². The van der Waals surface area contributed by atoms with E-state index < -0.39 is 0 Å². The van der Waals surface area contributed by atoms with Gasteiger partial charge < -0.3 is 19.9 Å². The van der Waals surface area contributed by atoms with Crippen molar-refractivity contribution in [3.8, 4) is 23.1 Å². The molecule has 9 nitrogen and oxygen atoms in total. The molecule has 3 aromatic heterocycles. The van der Waals surface area contributed by atoms with Gasteiger partial charge in [-0.3, -0.25) is 4.79 Å². The van der Waals surface area contributed by atoms with Crippen molar-refractivity contribution < 1.29 is 9.53 Å².